The maximum absolute atomic E-state index is 11.7. The number of anilines is 1. The summed E-state index contributed by atoms with van der Waals surface area (Å²) in [6.07, 6.45) is 0. The van der Waals surface area contributed by atoms with Crippen molar-refractivity contribution in [1.29, 1.82) is 0 Å². The van der Waals surface area contributed by atoms with Crippen LogP contribution in [0.25, 0.3) is 0 Å². The fourth-order valence-electron chi connectivity index (χ4n) is 1.59. The molecule has 0 saturated carbocycles. The van der Waals surface area contributed by atoms with Gasteiger partial charge in [0, 0.05) is 23.5 Å². The van der Waals surface area contributed by atoms with Crippen LogP contribution in [0.2, 0.25) is 0 Å². The SMILES string of the molecule is CCSCCNC(=O)Nc1cccc(C(N)=O)c1C. The fraction of sp³-hybridized carbons (Fsp3) is 0.385. The predicted octanol–water partition coefficient (Wildman–Crippen LogP) is 1.97. The molecule has 0 aliphatic carbocycles. The lowest BCUT2D eigenvalue weighted by Crippen LogP contribution is -2.31. The Morgan fingerprint density at radius 1 is 1.37 bits per heavy atom. The van der Waals surface area contributed by atoms with Gasteiger partial charge < -0.3 is 16.4 Å². The number of primary amides is 1. The summed E-state index contributed by atoms with van der Waals surface area (Å²) in [4.78, 5) is 22.9. The molecule has 3 amide bonds. The summed E-state index contributed by atoms with van der Waals surface area (Å²) in [5.41, 5.74) is 6.94. The molecule has 1 aromatic carbocycles. The van der Waals surface area contributed by atoms with E-state index in [1.165, 1.54) is 0 Å². The number of carbonyl (C=O) groups is 2. The summed E-state index contributed by atoms with van der Waals surface area (Å²) in [5.74, 6) is 1.41. The Morgan fingerprint density at radius 2 is 2.11 bits per heavy atom. The van der Waals surface area contributed by atoms with Gasteiger partial charge in [0.15, 0.2) is 0 Å². The molecule has 0 fully saturated rings. The summed E-state index contributed by atoms with van der Waals surface area (Å²) in [5, 5.41) is 5.47. The van der Waals surface area contributed by atoms with E-state index in [0.717, 1.165) is 11.5 Å². The van der Waals surface area contributed by atoms with Gasteiger partial charge in [0.05, 0.1) is 0 Å². The molecule has 0 radical (unpaired) electrons. The third-order valence-electron chi connectivity index (χ3n) is 2.58. The lowest BCUT2D eigenvalue weighted by atomic mass is 10.1. The van der Waals surface area contributed by atoms with Crippen LogP contribution in [0.15, 0.2) is 18.2 Å². The summed E-state index contributed by atoms with van der Waals surface area (Å²) >= 11 is 1.76. The van der Waals surface area contributed by atoms with Crippen LogP contribution in [0.4, 0.5) is 10.5 Å². The van der Waals surface area contributed by atoms with Crippen LogP contribution < -0.4 is 16.4 Å². The molecule has 6 heteroatoms. The maximum Gasteiger partial charge on any atom is 0.319 e. The number of nitrogens with two attached hydrogens (primary N) is 1. The number of carbonyl (C=O) groups excluding carboxylic acids is 2. The highest BCUT2D eigenvalue weighted by atomic mass is 32.2. The average Bonchev–Trinajstić information content (AvgIpc) is 2.37. The van der Waals surface area contributed by atoms with Crippen molar-refractivity contribution >= 4 is 29.4 Å². The van der Waals surface area contributed by atoms with E-state index in [1.54, 1.807) is 36.9 Å². The molecule has 0 saturated heterocycles. The first-order valence-electron chi connectivity index (χ1n) is 6.08. The largest absolute Gasteiger partial charge is 0.366 e. The quantitative estimate of drug-likeness (QED) is 0.697. The van der Waals surface area contributed by atoms with Crippen molar-refractivity contribution in [3.8, 4) is 0 Å². The molecule has 0 spiro atoms. The van der Waals surface area contributed by atoms with Gasteiger partial charge in [-0.1, -0.05) is 13.0 Å². The number of amides is 3. The molecule has 0 heterocycles. The number of hydrogen-bond acceptors (Lipinski definition) is 3. The molecule has 0 atom stereocenters. The number of benzene rings is 1. The van der Waals surface area contributed by atoms with Crippen LogP contribution in [0, 0.1) is 6.92 Å². The topological polar surface area (TPSA) is 84.2 Å². The lowest BCUT2D eigenvalue weighted by molar-refractivity contribution is 0.0999. The minimum absolute atomic E-state index is 0.276. The van der Waals surface area contributed by atoms with E-state index in [0.29, 0.717) is 23.4 Å². The molecule has 1 aromatic rings. The Morgan fingerprint density at radius 3 is 2.74 bits per heavy atom. The Balaban J connectivity index is 2.59. The molecule has 0 aliphatic heterocycles. The van der Waals surface area contributed by atoms with E-state index in [9.17, 15) is 9.59 Å². The molecule has 104 valence electrons. The first-order chi connectivity index (χ1) is 9.06. The minimum Gasteiger partial charge on any atom is -0.366 e. The van der Waals surface area contributed by atoms with Crippen molar-refractivity contribution in [2.75, 3.05) is 23.4 Å². The van der Waals surface area contributed by atoms with Crippen LogP contribution >= 0.6 is 11.8 Å². The number of rotatable bonds is 6. The predicted molar refractivity (Wildman–Crippen MR) is 79.7 cm³/mol. The van der Waals surface area contributed by atoms with Gasteiger partial charge in [-0.2, -0.15) is 11.8 Å². The van der Waals surface area contributed by atoms with Crippen molar-refractivity contribution in [2.24, 2.45) is 5.73 Å². The Kier molecular flexibility index (Phi) is 6.21. The Labute approximate surface area is 117 Å². The van der Waals surface area contributed by atoms with E-state index in [4.69, 9.17) is 5.73 Å². The molecule has 0 unspecified atom stereocenters. The maximum atomic E-state index is 11.7. The van der Waals surface area contributed by atoms with Crippen molar-refractivity contribution in [2.45, 2.75) is 13.8 Å². The second-order valence-electron chi connectivity index (χ2n) is 3.92. The Bertz CT molecular complexity index is 463. The van der Waals surface area contributed by atoms with Crippen LogP contribution in [-0.4, -0.2) is 30.0 Å². The van der Waals surface area contributed by atoms with Gasteiger partial charge >= 0.3 is 6.03 Å². The van der Waals surface area contributed by atoms with Crippen molar-refractivity contribution in [3.05, 3.63) is 29.3 Å². The number of thioether (sulfide) groups is 1. The zero-order valence-electron chi connectivity index (χ0n) is 11.2. The Hall–Kier alpha value is -1.69. The van der Waals surface area contributed by atoms with Crippen molar-refractivity contribution in [3.63, 3.8) is 0 Å². The van der Waals surface area contributed by atoms with Crippen LogP contribution in [0.5, 0.6) is 0 Å². The third kappa shape index (κ3) is 4.82. The molecule has 5 nitrogen and oxygen atoms in total. The molecule has 4 N–H and O–H groups in total. The molecule has 0 bridgehead atoms. The molecule has 1 rings (SSSR count). The molecule has 0 aromatic heterocycles. The van der Waals surface area contributed by atoms with Crippen molar-refractivity contribution < 1.29 is 9.59 Å². The summed E-state index contributed by atoms with van der Waals surface area (Å²) < 4.78 is 0. The number of hydrogen-bond donors (Lipinski definition) is 3. The normalized spacial score (nSPS) is 10.0. The second-order valence-corrected chi connectivity index (χ2v) is 5.31. The monoisotopic (exact) mass is 281 g/mol. The zero-order valence-corrected chi connectivity index (χ0v) is 12.0. The highest BCUT2D eigenvalue weighted by Gasteiger charge is 2.10. The van der Waals surface area contributed by atoms with E-state index in [2.05, 4.69) is 17.6 Å². The highest BCUT2D eigenvalue weighted by Crippen LogP contribution is 2.18. The van der Waals surface area contributed by atoms with Crippen molar-refractivity contribution in [1.82, 2.24) is 5.32 Å². The molecular formula is C13H19N3O2S. The standard InChI is InChI=1S/C13H19N3O2S/c1-3-19-8-7-15-13(18)16-11-6-4-5-10(9(11)2)12(14)17/h4-6H,3,7-8H2,1-2H3,(H2,14,17)(H2,15,16,18). The van der Waals surface area contributed by atoms with Gasteiger partial charge in [0.25, 0.3) is 0 Å². The molecular weight excluding hydrogens is 262 g/mol. The van der Waals surface area contributed by atoms with Crippen LogP contribution in [0.3, 0.4) is 0 Å². The fourth-order valence-corrected chi connectivity index (χ4v) is 2.12. The summed E-state index contributed by atoms with van der Waals surface area (Å²) in [6, 6.07) is 4.79. The van der Waals surface area contributed by atoms with Gasteiger partial charge in [-0.15, -0.1) is 0 Å². The first kappa shape index (κ1) is 15.4. The second kappa shape index (κ2) is 7.68. The average molecular weight is 281 g/mol. The summed E-state index contributed by atoms with van der Waals surface area (Å²) in [7, 11) is 0. The van der Waals surface area contributed by atoms with Gasteiger partial charge in [0.2, 0.25) is 5.91 Å². The minimum atomic E-state index is -0.499. The van der Waals surface area contributed by atoms with E-state index in [1.807, 2.05) is 0 Å². The highest BCUT2D eigenvalue weighted by molar-refractivity contribution is 7.99. The molecule has 19 heavy (non-hydrogen) atoms. The van der Waals surface area contributed by atoms with E-state index < -0.39 is 5.91 Å². The first-order valence-corrected chi connectivity index (χ1v) is 7.23. The zero-order chi connectivity index (χ0) is 14.3. The van der Waals surface area contributed by atoms with E-state index >= 15 is 0 Å². The van der Waals surface area contributed by atoms with Crippen LogP contribution in [0.1, 0.15) is 22.8 Å². The van der Waals surface area contributed by atoms with Crippen LogP contribution in [-0.2, 0) is 0 Å². The van der Waals surface area contributed by atoms with Gasteiger partial charge in [-0.25, -0.2) is 4.79 Å². The third-order valence-corrected chi connectivity index (χ3v) is 3.48. The van der Waals surface area contributed by atoms with Gasteiger partial charge in [0.1, 0.15) is 0 Å². The number of nitrogens with one attached hydrogen (secondary N) is 2. The van der Waals surface area contributed by atoms with E-state index in [-0.39, 0.29) is 6.03 Å². The lowest BCUT2D eigenvalue weighted by Gasteiger charge is -2.11. The van der Waals surface area contributed by atoms with Gasteiger partial charge in [-0.3, -0.25) is 4.79 Å². The number of urea groups is 1. The van der Waals surface area contributed by atoms with Gasteiger partial charge in [-0.05, 0) is 30.4 Å². The summed E-state index contributed by atoms with van der Waals surface area (Å²) in [6.45, 7) is 4.44. The smallest absolute Gasteiger partial charge is 0.319 e. The molecule has 0 aliphatic rings.